The highest BCUT2D eigenvalue weighted by atomic mass is 79.9. The van der Waals surface area contributed by atoms with Gasteiger partial charge in [0.1, 0.15) is 11.5 Å². The molecule has 0 saturated carbocycles. The van der Waals surface area contributed by atoms with Crippen LogP contribution in [0, 0.1) is 6.92 Å². The summed E-state index contributed by atoms with van der Waals surface area (Å²) in [7, 11) is 1.58. The molecule has 152 valence electrons. The highest BCUT2D eigenvalue weighted by molar-refractivity contribution is 9.10. The summed E-state index contributed by atoms with van der Waals surface area (Å²) in [4.78, 5) is 23.7. The Morgan fingerprint density at radius 3 is 2.52 bits per heavy atom. The number of amides is 2. The van der Waals surface area contributed by atoms with Crippen LogP contribution in [0.1, 0.15) is 11.1 Å². The minimum Gasteiger partial charge on any atom is -0.497 e. The van der Waals surface area contributed by atoms with E-state index in [4.69, 9.17) is 21.7 Å². The lowest BCUT2D eigenvalue weighted by Gasteiger charge is -2.11. The normalized spacial score (nSPS) is 10.3. The summed E-state index contributed by atoms with van der Waals surface area (Å²) in [5, 5.41) is 2.38. The highest BCUT2D eigenvalue weighted by Crippen LogP contribution is 2.25. The first-order chi connectivity index (χ1) is 13.9. The highest BCUT2D eigenvalue weighted by Gasteiger charge is 2.07. The summed E-state index contributed by atoms with van der Waals surface area (Å²) < 4.78 is 11.2. The molecule has 0 heterocycles. The zero-order valence-electron chi connectivity index (χ0n) is 15.8. The number of halogens is 1. The fraction of sp³-hybridized carbons (Fsp3) is 0.150. The Labute approximate surface area is 182 Å². The third-order valence-electron chi connectivity index (χ3n) is 3.54. The molecule has 9 heteroatoms. The van der Waals surface area contributed by atoms with Gasteiger partial charge in [0.2, 0.25) is 5.91 Å². The molecule has 0 spiro atoms. The van der Waals surface area contributed by atoms with Gasteiger partial charge in [0.05, 0.1) is 11.6 Å². The third-order valence-corrected chi connectivity index (χ3v) is 4.37. The molecule has 0 unspecified atom stereocenters. The number of hydrogen-bond acceptors (Lipinski definition) is 5. The first-order valence-electron chi connectivity index (χ1n) is 8.48. The van der Waals surface area contributed by atoms with Crippen molar-refractivity contribution in [3.8, 4) is 11.5 Å². The van der Waals surface area contributed by atoms with Crippen molar-refractivity contribution in [1.82, 2.24) is 16.2 Å². The predicted octanol–water partition coefficient (Wildman–Crippen LogP) is 2.88. The minimum atomic E-state index is -0.456. The Hall–Kier alpha value is -2.91. The van der Waals surface area contributed by atoms with Crippen LogP contribution in [0.3, 0.4) is 0 Å². The molecule has 3 N–H and O–H groups in total. The topological polar surface area (TPSA) is 88.7 Å². The van der Waals surface area contributed by atoms with Gasteiger partial charge in [-0.25, -0.2) is 0 Å². The van der Waals surface area contributed by atoms with Crippen molar-refractivity contribution in [1.29, 1.82) is 0 Å². The number of thiocarbonyl (C=S) groups is 1. The fourth-order valence-corrected chi connectivity index (χ4v) is 2.86. The largest absolute Gasteiger partial charge is 0.497 e. The molecule has 0 aliphatic carbocycles. The molecule has 2 rings (SSSR count). The van der Waals surface area contributed by atoms with Crippen LogP contribution in [0.25, 0.3) is 6.08 Å². The number of benzene rings is 2. The molecule has 2 aromatic rings. The molecule has 29 heavy (non-hydrogen) atoms. The number of nitrogens with one attached hydrogen (secondary N) is 3. The number of rotatable bonds is 6. The van der Waals surface area contributed by atoms with Crippen molar-refractivity contribution in [3.63, 3.8) is 0 Å². The molecule has 0 aliphatic heterocycles. The van der Waals surface area contributed by atoms with Crippen LogP contribution < -0.4 is 25.6 Å². The van der Waals surface area contributed by atoms with Crippen molar-refractivity contribution < 1.29 is 19.1 Å². The van der Waals surface area contributed by atoms with Gasteiger partial charge in [-0.2, -0.15) is 0 Å². The Balaban J connectivity index is 1.71. The molecule has 0 atom stereocenters. The van der Waals surface area contributed by atoms with E-state index >= 15 is 0 Å². The maximum absolute atomic E-state index is 11.9. The van der Waals surface area contributed by atoms with Crippen LogP contribution in [-0.4, -0.2) is 30.6 Å². The molecule has 0 radical (unpaired) electrons. The third kappa shape index (κ3) is 7.92. The standard InChI is InChI=1S/C20H20BrN3O4S/c1-13-3-9-17(16(21)11-13)28-12-19(26)23-24-20(29)22-18(25)10-6-14-4-7-15(27-2)8-5-14/h3-11H,12H2,1-2H3,(H,23,26)(H2,22,24,25,29). The molecule has 0 fully saturated rings. The second kappa shape index (κ2) is 11.2. The van der Waals surface area contributed by atoms with Gasteiger partial charge in [0.25, 0.3) is 5.91 Å². The number of methoxy groups -OCH3 is 1. The summed E-state index contributed by atoms with van der Waals surface area (Å²) in [5.74, 6) is 0.381. The monoisotopic (exact) mass is 477 g/mol. The zero-order chi connectivity index (χ0) is 21.2. The van der Waals surface area contributed by atoms with Crippen molar-refractivity contribution in [2.75, 3.05) is 13.7 Å². The molecule has 2 aromatic carbocycles. The van der Waals surface area contributed by atoms with E-state index in [0.717, 1.165) is 21.3 Å². The average molecular weight is 478 g/mol. The Kier molecular flexibility index (Phi) is 8.63. The first kappa shape index (κ1) is 22.4. The Morgan fingerprint density at radius 1 is 1.14 bits per heavy atom. The lowest BCUT2D eigenvalue weighted by atomic mass is 10.2. The zero-order valence-corrected chi connectivity index (χ0v) is 18.2. The van der Waals surface area contributed by atoms with E-state index in [9.17, 15) is 9.59 Å². The van der Waals surface area contributed by atoms with Crippen LogP contribution in [0.15, 0.2) is 53.0 Å². The number of carbonyl (C=O) groups is 2. The quantitative estimate of drug-likeness (QED) is 0.336. The number of aryl methyl sites for hydroxylation is 1. The van der Waals surface area contributed by atoms with Crippen LogP contribution in [-0.2, 0) is 9.59 Å². The van der Waals surface area contributed by atoms with Gasteiger partial charge in [0, 0.05) is 6.08 Å². The van der Waals surface area contributed by atoms with Gasteiger partial charge in [-0.05, 0) is 76.5 Å². The van der Waals surface area contributed by atoms with Crippen molar-refractivity contribution in [2.24, 2.45) is 0 Å². The van der Waals surface area contributed by atoms with Gasteiger partial charge >= 0.3 is 0 Å². The molecule has 0 bridgehead atoms. The van der Waals surface area contributed by atoms with Gasteiger partial charge in [-0.1, -0.05) is 18.2 Å². The van der Waals surface area contributed by atoms with Crippen LogP contribution in [0.5, 0.6) is 11.5 Å². The van der Waals surface area contributed by atoms with Gasteiger partial charge in [-0.15, -0.1) is 0 Å². The van der Waals surface area contributed by atoms with E-state index in [-0.39, 0.29) is 11.7 Å². The molecule has 0 aliphatic rings. The van der Waals surface area contributed by atoms with E-state index in [1.54, 1.807) is 31.4 Å². The lowest BCUT2D eigenvalue weighted by molar-refractivity contribution is -0.123. The molecule has 7 nitrogen and oxygen atoms in total. The number of hydrogen-bond donors (Lipinski definition) is 3. The van der Waals surface area contributed by atoms with E-state index in [1.165, 1.54) is 6.08 Å². The molecular formula is C20H20BrN3O4S. The van der Waals surface area contributed by atoms with E-state index < -0.39 is 11.8 Å². The summed E-state index contributed by atoms with van der Waals surface area (Å²) in [6.07, 6.45) is 2.96. The van der Waals surface area contributed by atoms with Gasteiger partial charge < -0.3 is 9.47 Å². The summed E-state index contributed by atoms with van der Waals surface area (Å²) >= 11 is 8.34. The van der Waals surface area contributed by atoms with Crippen LogP contribution in [0.2, 0.25) is 0 Å². The minimum absolute atomic E-state index is 0.0424. The summed E-state index contributed by atoms with van der Waals surface area (Å²) in [6, 6.07) is 12.7. The molecule has 0 saturated heterocycles. The second-order valence-corrected chi connectivity index (χ2v) is 7.08. The summed E-state index contributed by atoms with van der Waals surface area (Å²) in [5.41, 5.74) is 6.69. The van der Waals surface area contributed by atoms with Crippen molar-refractivity contribution in [2.45, 2.75) is 6.92 Å². The SMILES string of the molecule is COc1ccc(C=CC(=O)NC(=S)NNC(=O)COc2ccc(C)cc2Br)cc1. The van der Waals surface area contributed by atoms with Crippen LogP contribution >= 0.6 is 28.1 Å². The second-order valence-electron chi connectivity index (χ2n) is 5.82. The molecule has 0 aromatic heterocycles. The maximum Gasteiger partial charge on any atom is 0.276 e. The van der Waals surface area contributed by atoms with Gasteiger partial charge in [-0.3, -0.25) is 25.8 Å². The number of ether oxygens (including phenoxy) is 2. The van der Waals surface area contributed by atoms with E-state index in [1.807, 2.05) is 31.2 Å². The Morgan fingerprint density at radius 2 is 1.86 bits per heavy atom. The predicted molar refractivity (Wildman–Crippen MR) is 118 cm³/mol. The van der Waals surface area contributed by atoms with Crippen molar-refractivity contribution >= 4 is 51.2 Å². The number of carbonyl (C=O) groups excluding carboxylic acids is 2. The number of hydrazine groups is 1. The average Bonchev–Trinajstić information content (AvgIpc) is 2.70. The molecular weight excluding hydrogens is 458 g/mol. The van der Waals surface area contributed by atoms with Crippen LogP contribution in [0.4, 0.5) is 0 Å². The molecule has 2 amide bonds. The van der Waals surface area contributed by atoms with E-state index in [2.05, 4.69) is 32.1 Å². The smallest absolute Gasteiger partial charge is 0.276 e. The maximum atomic E-state index is 11.9. The Bertz CT molecular complexity index is 916. The summed E-state index contributed by atoms with van der Waals surface area (Å²) in [6.45, 7) is 1.73. The van der Waals surface area contributed by atoms with Gasteiger partial charge in [0.15, 0.2) is 11.7 Å². The fourth-order valence-electron chi connectivity index (χ4n) is 2.10. The van der Waals surface area contributed by atoms with E-state index in [0.29, 0.717) is 5.75 Å². The lowest BCUT2D eigenvalue weighted by Crippen LogP contribution is -2.49. The van der Waals surface area contributed by atoms with Crippen molar-refractivity contribution in [3.05, 3.63) is 64.1 Å². The first-order valence-corrected chi connectivity index (χ1v) is 9.68.